The van der Waals surface area contributed by atoms with Gasteiger partial charge in [0.15, 0.2) is 28.3 Å². The molecule has 2 aliphatic heterocycles. The molecular formula is C24H26Cl2N8O. The first kappa shape index (κ1) is 22.6. The highest BCUT2D eigenvalue weighted by Crippen LogP contribution is 2.51. The number of carbonyl (C=O) groups is 1. The number of hydrogen-bond donors (Lipinski definition) is 2. The molecule has 1 amide bonds. The maximum atomic E-state index is 13.3. The lowest BCUT2D eigenvalue weighted by molar-refractivity contribution is 0.0977. The van der Waals surface area contributed by atoms with Crippen molar-refractivity contribution in [3.63, 3.8) is 0 Å². The van der Waals surface area contributed by atoms with Gasteiger partial charge in [0, 0.05) is 32.2 Å². The third kappa shape index (κ3) is 3.56. The minimum atomic E-state index is -0.390. The summed E-state index contributed by atoms with van der Waals surface area (Å²) in [5.74, 6) is 0.701. The number of aromatic nitrogens is 4. The second-order valence-electron chi connectivity index (χ2n) is 9.62. The zero-order chi connectivity index (χ0) is 24.3. The fraction of sp³-hybridized carbons (Fsp3) is 0.417. The lowest BCUT2D eigenvalue weighted by Gasteiger charge is -2.42. The van der Waals surface area contributed by atoms with Gasteiger partial charge >= 0.3 is 0 Å². The van der Waals surface area contributed by atoms with Crippen LogP contribution in [0.1, 0.15) is 46.9 Å². The van der Waals surface area contributed by atoms with E-state index in [1.54, 1.807) is 9.58 Å². The maximum absolute atomic E-state index is 13.3. The lowest BCUT2D eigenvalue weighted by Crippen LogP contribution is -2.45. The van der Waals surface area contributed by atoms with Crippen LogP contribution in [0.3, 0.4) is 0 Å². The van der Waals surface area contributed by atoms with Crippen LogP contribution in [-0.2, 0) is 13.0 Å². The zero-order valence-electron chi connectivity index (χ0n) is 19.1. The topological polar surface area (TPSA) is 119 Å². The molecule has 1 unspecified atom stereocenters. The number of fused-ring (bicyclic) bond motifs is 2. The number of hydrogen-bond acceptors (Lipinski definition) is 7. The predicted octanol–water partition coefficient (Wildman–Crippen LogP) is 3.46. The van der Waals surface area contributed by atoms with Crippen molar-refractivity contribution in [3.8, 4) is 0 Å². The number of rotatable bonds is 2. The minimum absolute atomic E-state index is 0.0196. The first-order valence-electron chi connectivity index (χ1n) is 11.8. The van der Waals surface area contributed by atoms with Gasteiger partial charge in [-0.05, 0) is 42.2 Å². The van der Waals surface area contributed by atoms with Crippen molar-refractivity contribution in [1.82, 2.24) is 19.7 Å². The SMILES string of the molecule is Nc1nc(N2CCC3(CC2)Cc2ccccc2C3N)c(Cl)nc1C(=O)N1CCCn2ncc(Cl)c21. The summed E-state index contributed by atoms with van der Waals surface area (Å²) in [5.41, 5.74) is 15.6. The highest BCUT2D eigenvalue weighted by Gasteiger charge is 2.46. The van der Waals surface area contributed by atoms with Crippen LogP contribution in [-0.4, -0.2) is 45.3 Å². The molecule has 1 aromatic carbocycles. The Morgan fingerprint density at radius 3 is 2.63 bits per heavy atom. The van der Waals surface area contributed by atoms with E-state index in [0.717, 1.165) is 38.8 Å². The number of carbonyl (C=O) groups excluding carboxylic acids is 1. The largest absolute Gasteiger partial charge is 0.382 e. The first-order chi connectivity index (χ1) is 16.9. The van der Waals surface area contributed by atoms with Crippen LogP contribution in [0.2, 0.25) is 10.2 Å². The van der Waals surface area contributed by atoms with E-state index in [9.17, 15) is 4.79 Å². The Balaban J connectivity index is 1.22. The van der Waals surface area contributed by atoms with Crippen LogP contribution < -0.4 is 21.3 Å². The van der Waals surface area contributed by atoms with Gasteiger partial charge in [-0.15, -0.1) is 0 Å². The van der Waals surface area contributed by atoms with Crippen LogP contribution in [0.25, 0.3) is 0 Å². The molecule has 6 rings (SSSR count). The summed E-state index contributed by atoms with van der Waals surface area (Å²) < 4.78 is 1.71. The summed E-state index contributed by atoms with van der Waals surface area (Å²) in [6, 6.07) is 8.48. The molecule has 2 aromatic heterocycles. The summed E-state index contributed by atoms with van der Waals surface area (Å²) in [6.45, 7) is 2.66. The Morgan fingerprint density at radius 2 is 1.86 bits per heavy atom. The van der Waals surface area contributed by atoms with Crippen molar-refractivity contribution < 1.29 is 4.79 Å². The van der Waals surface area contributed by atoms with Gasteiger partial charge in [0.25, 0.3) is 5.91 Å². The Kier molecular flexibility index (Phi) is 5.39. The van der Waals surface area contributed by atoms with Crippen molar-refractivity contribution in [2.24, 2.45) is 11.1 Å². The van der Waals surface area contributed by atoms with Crippen molar-refractivity contribution in [2.75, 3.05) is 35.2 Å². The second-order valence-corrected chi connectivity index (χ2v) is 10.4. The van der Waals surface area contributed by atoms with E-state index in [1.165, 1.54) is 17.3 Å². The summed E-state index contributed by atoms with van der Waals surface area (Å²) in [6.07, 6.45) is 5.10. The normalized spacial score (nSPS) is 20.7. The molecule has 0 bridgehead atoms. The molecule has 182 valence electrons. The fourth-order valence-electron chi connectivity index (χ4n) is 5.84. The number of benzene rings is 1. The molecule has 9 nitrogen and oxygen atoms in total. The Bertz CT molecular complexity index is 1320. The molecule has 4 heterocycles. The Morgan fingerprint density at radius 1 is 1.09 bits per heavy atom. The molecule has 1 fully saturated rings. The maximum Gasteiger partial charge on any atom is 0.281 e. The van der Waals surface area contributed by atoms with Crippen molar-refractivity contribution in [2.45, 2.75) is 38.3 Å². The van der Waals surface area contributed by atoms with Gasteiger partial charge in [-0.3, -0.25) is 9.69 Å². The van der Waals surface area contributed by atoms with Crippen LogP contribution >= 0.6 is 23.2 Å². The average Bonchev–Trinajstić information content (AvgIpc) is 3.38. The van der Waals surface area contributed by atoms with Gasteiger partial charge in [-0.1, -0.05) is 47.5 Å². The van der Waals surface area contributed by atoms with Crippen molar-refractivity contribution in [1.29, 1.82) is 0 Å². The Hall–Kier alpha value is -2.88. The minimum Gasteiger partial charge on any atom is -0.382 e. The van der Waals surface area contributed by atoms with Crippen LogP contribution in [0.15, 0.2) is 30.5 Å². The molecule has 4 N–H and O–H groups in total. The van der Waals surface area contributed by atoms with Gasteiger partial charge in [-0.25, -0.2) is 14.6 Å². The quantitative estimate of drug-likeness (QED) is 0.539. The zero-order valence-corrected chi connectivity index (χ0v) is 20.6. The van der Waals surface area contributed by atoms with Crippen LogP contribution in [0.5, 0.6) is 0 Å². The standard InChI is InChI=1S/C24H26Cl2N8O/c25-16-13-29-34-9-3-8-33(22(16)34)23(35)17-20(28)31-21(19(26)30-17)32-10-6-24(7-11-32)12-14-4-1-2-5-15(14)18(24)27/h1-2,4-5,13,18H,3,6-12,27H2,(H2,28,31). The third-order valence-corrected chi connectivity index (χ3v) is 8.26. The molecule has 0 radical (unpaired) electrons. The number of aryl methyl sites for hydroxylation is 1. The number of nitrogens with zero attached hydrogens (tertiary/aromatic N) is 6. The monoisotopic (exact) mass is 512 g/mol. The highest BCUT2D eigenvalue weighted by molar-refractivity contribution is 6.34. The number of nitrogens with two attached hydrogens (primary N) is 2. The fourth-order valence-corrected chi connectivity index (χ4v) is 6.33. The number of anilines is 3. The smallest absolute Gasteiger partial charge is 0.281 e. The van der Waals surface area contributed by atoms with Crippen LogP contribution in [0.4, 0.5) is 17.5 Å². The van der Waals surface area contributed by atoms with E-state index in [4.69, 9.17) is 34.7 Å². The van der Waals surface area contributed by atoms with Crippen molar-refractivity contribution in [3.05, 3.63) is 57.5 Å². The van der Waals surface area contributed by atoms with E-state index in [1.807, 2.05) is 0 Å². The molecule has 11 heteroatoms. The molecule has 1 aliphatic carbocycles. The van der Waals surface area contributed by atoms with Gasteiger partial charge in [0.1, 0.15) is 5.02 Å². The summed E-state index contributed by atoms with van der Waals surface area (Å²) in [7, 11) is 0. The molecule has 35 heavy (non-hydrogen) atoms. The average molecular weight is 513 g/mol. The van der Waals surface area contributed by atoms with Gasteiger partial charge in [0.2, 0.25) is 0 Å². The number of halogens is 2. The number of amides is 1. The van der Waals surface area contributed by atoms with E-state index >= 15 is 0 Å². The highest BCUT2D eigenvalue weighted by atomic mass is 35.5. The lowest BCUT2D eigenvalue weighted by atomic mass is 9.73. The van der Waals surface area contributed by atoms with Gasteiger partial charge in [0.05, 0.1) is 6.20 Å². The summed E-state index contributed by atoms with van der Waals surface area (Å²) >= 11 is 12.9. The molecule has 0 saturated carbocycles. The molecule has 1 spiro atoms. The third-order valence-electron chi connectivity index (χ3n) is 7.74. The molecule has 1 atom stereocenters. The van der Waals surface area contributed by atoms with Gasteiger partial charge in [-0.2, -0.15) is 5.10 Å². The number of nitrogen functional groups attached to an aromatic ring is 1. The summed E-state index contributed by atoms with van der Waals surface area (Å²) in [4.78, 5) is 25.9. The number of piperidine rings is 1. The predicted molar refractivity (Wildman–Crippen MR) is 136 cm³/mol. The van der Waals surface area contributed by atoms with Crippen LogP contribution in [0, 0.1) is 5.41 Å². The Labute approximate surface area is 213 Å². The molecule has 3 aliphatic rings. The first-order valence-corrected chi connectivity index (χ1v) is 12.6. The van der Waals surface area contributed by atoms with E-state index in [-0.39, 0.29) is 34.0 Å². The molecular weight excluding hydrogens is 487 g/mol. The van der Waals surface area contributed by atoms with E-state index in [0.29, 0.717) is 29.7 Å². The van der Waals surface area contributed by atoms with E-state index < -0.39 is 0 Å². The molecule has 1 saturated heterocycles. The van der Waals surface area contributed by atoms with Crippen molar-refractivity contribution >= 4 is 46.6 Å². The van der Waals surface area contributed by atoms with E-state index in [2.05, 4.69) is 44.2 Å². The van der Waals surface area contributed by atoms with Gasteiger partial charge < -0.3 is 16.4 Å². The molecule has 3 aromatic rings. The summed E-state index contributed by atoms with van der Waals surface area (Å²) in [5, 5.41) is 4.79. The second kappa shape index (κ2) is 8.36.